The summed E-state index contributed by atoms with van der Waals surface area (Å²) in [5.74, 6) is 9.64. The van der Waals surface area contributed by atoms with Gasteiger partial charge in [0.05, 0.1) is 6.42 Å². The minimum Gasteiger partial charge on any atom is -0.311 e. The van der Waals surface area contributed by atoms with Crippen molar-refractivity contribution in [1.82, 2.24) is 0 Å². The largest absolute Gasteiger partial charge is 0.311 e. The summed E-state index contributed by atoms with van der Waals surface area (Å²) in [6, 6.07) is -0.772. The van der Waals surface area contributed by atoms with Crippen LogP contribution in [-0.2, 0) is 9.59 Å². The van der Waals surface area contributed by atoms with Crippen molar-refractivity contribution in [2.75, 3.05) is 0 Å². The summed E-state index contributed by atoms with van der Waals surface area (Å²) >= 11 is 0. The predicted molar refractivity (Wildman–Crippen MR) is 49.5 cm³/mol. The molecule has 0 radical (unpaired) electrons. The lowest BCUT2D eigenvalue weighted by atomic mass is 10.2. The average molecular weight is 177 g/mol. The Labute approximate surface area is 77.7 Å². The van der Waals surface area contributed by atoms with Gasteiger partial charge in [0.1, 0.15) is 11.8 Å². The molecule has 0 heterocycles. The quantitative estimate of drug-likeness (QED) is 0.598. The molecule has 3 heteroatoms. The molecule has 0 aromatic heterocycles. The van der Waals surface area contributed by atoms with E-state index in [-0.39, 0.29) is 18.0 Å². The van der Waals surface area contributed by atoms with Gasteiger partial charge >= 0.3 is 0 Å². The van der Waals surface area contributed by atoms with Crippen molar-refractivity contribution in [2.45, 2.75) is 26.3 Å². The van der Waals surface area contributed by atoms with Crippen molar-refractivity contribution < 1.29 is 9.59 Å². The Morgan fingerprint density at radius 2 is 1.92 bits per heavy atom. The van der Waals surface area contributed by atoms with Crippen LogP contribution in [-0.4, -0.2) is 17.6 Å². The number of hydrogen-bond donors (Lipinski definition) is 1. The first-order valence-corrected chi connectivity index (χ1v) is 3.78. The lowest BCUT2D eigenvalue weighted by Gasteiger charge is -1.92. The van der Waals surface area contributed by atoms with Crippen molar-refractivity contribution in [1.29, 1.82) is 0 Å². The lowest BCUT2D eigenvalue weighted by Crippen LogP contribution is -2.25. The number of rotatable bonds is 2. The van der Waals surface area contributed by atoms with Crippen molar-refractivity contribution in [3.63, 3.8) is 0 Å². The van der Waals surface area contributed by atoms with E-state index in [2.05, 4.69) is 23.7 Å². The number of carbonyl (C=O) groups excluding carboxylic acids is 2. The molecular formula is C10H11NO2. The highest BCUT2D eigenvalue weighted by Gasteiger charge is 2.00. The average Bonchev–Trinajstić information content (AvgIpc) is 2.02. The van der Waals surface area contributed by atoms with Crippen LogP contribution in [0.4, 0.5) is 0 Å². The zero-order valence-electron chi connectivity index (χ0n) is 7.68. The highest BCUT2D eigenvalue weighted by atomic mass is 16.1. The summed E-state index contributed by atoms with van der Waals surface area (Å²) in [6.45, 7) is 2.81. The van der Waals surface area contributed by atoms with Gasteiger partial charge in [0.25, 0.3) is 0 Å². The van der Waals surface area contributed by atoms with Gasteiger partial charge in [0.2, 0.25) is 0 Å². The van der Waals surface area contributed by atoms with E-state index in [0.29, 0.717) is 0 Å². The first-order chi connectivity index (χ1) is 6.04. The minimum atomic E-state index is -0.772. The van der Waals surface area contributed by atoms with E-state index >= 15 is 0 Å². The third kappa shape index (κ3) is 6.80. The minimum absolute atomic E-state index is 0.00911. The molecule has 0 spiro atoms. The highest BCUT2D eigenvalue weighted by molar-refractivity contribution is 5.84. The molecule has 0 amide bonds. The summed E-state index contributed by atoms with van der Waals surface area (Å²) < 4.78 is 0. The van der Waals surface area contributed by atoms with Gasteiger partial charge in [-0.2, -0.15) is 0 Å². The number of ketones is 2. The van der Waals surface area contributed by atoms with Gasteiger partial charge in [-0.15, -0.1) is 0 Å². The zero-order valence-corrected chi connectivity index (χ0v) is 7.68. The third-order valence-corrected chi connectivity index (χ3v) is 1.15. The van der Waals surface area contributed by atoms with Gasteiger partial charge in [-0.3, -0.25) is 9.59 Å². The van der Waals surface area contributed by atoms with E-state index in [0.717, 1.165) is 0 Å². The first-order valence-electron chi connectivity index (χ1n) is 3.78. The van der Waals surface area contributed by atoms with E-state index in [1.165, 1.54) is 13.8 Å². The molecular weight excluding hydrogens is 166 g/mol. The lowest BCUT2D eigenvalue weighted by molar-refractivity contribution is -0.117. The molecule has 0 aromatic carbocycles. The molecule has 0 aliphatic heterocycles. The normalized spacial score (nSPS) is 10.1. The molecule has 0 bridgehead atoms. The van der Waals surface area contributed by atoms with E-state index < -0.39 is 6.04 Å². The Balaban J connectivity index is 4.03. The van der Waals surface area contributed by atoms with Crippen LogP contribution in [0.3, 0.4) is 0 Å². The first kappa shape index (κ1) is 11.4. The second-order valence-corrected chi connectivity index (χ2v) is 2.54. The fourth-order valence-electron chi connectivity index (χ4n) is 0.428. The molecule has 13 heavy (non-hydrogen) atoms. The van der Waals surface area contributed by atoms with Gasteiger partial charge in [0.15, 0.2) is 5.78 Å². The molecule has 0 aliphatic carbocycles. The van der Waals surface area contributed by atoms with Crippen LogP contribution in [0.1, 0.15) is 20.3 Å². The Bertz CT molecular complexity index is 322. The second-order valence-electron chi connectivity index (χ2n) is 2.54. The van der Waals surface area contributed by atoms with Crippen LogP contribution in [0.15, 0.2) is 0 Å². The molecule has 3 nitrogen and oxygen atoms in total. The summed E-state index contributed by atoms with van der Waals surface area (Å²) in [7, 11) is 0. The summed E-state index contributed by atoms with van der Waals surface area (Å²) in [4.78, 5) is 21.0. The Morgan fingerprint density at radius 1 is 1.31 bits per heavy atom. The van der Waals surface area contributed by atoms with Gasteiger partial charge in [-0.05, 0) is 25.7 Å². The maximum Gasteiger partial charge on any atom is 0.158 e. The summed E-state index contributed by atoms with van der Waals surface area (Å²) in [6.07, 6.45) is 0.185. The van der Waals surface area contributed by atoms with Gasteiger partial charge < -0.3 is 5.73 Å². The van der Waals surface area contributed by atoms with Crippen molar-refractivity contribution in [2.24, 2.45) is 5.73 Å². The van der Waals surface area contributed by atoms with Gasteiger partial charge in [-0.1, -0.05) is 11.8 Å². The van der Waals surface area contributed by atoms with Crippen LogP contribution in [0.25, 0.3) is 0 Å². The molecule has 1 atom stereocenters. The molecule has 0 saturated carbocycles. The Kier molecular flexibility index (Phi) is 5.27. The van der Waals surface area contributed by atoms with Gasteiger partial charge in [0, 0.05) is 0 Å². The maximum atomic E-state index is 10.6. The van der Waals surface area contributed by atoms with Crippen LogP contribution in [0.5, 0.6) is 0 Å². The number of carbonyl (C=O) groups is 2. The van der Waals surface area contributed by atoms with Crippen molar-refractivity contribution in [3.8, 4) is 23.7 Å². The number of Topliss-reactive ketones (excluding diaryl/α,β-unsaturated/α-hetero) is 2. The topological polar surface area (TPSA) is 60.2 Å². The van der Waals surface area contributed by atoms with Crippen LogP contribution in [0.2, 0.25) is 0 Å². The maximum absolute atomic E-state index is 10.6. The van der Waals surface area contributed by atoms with Crippen LogP contribution in [0, 0.1) is 23.7 Å². The molecule has 0 rings (SSSR count). The highest BCUT2D eigenvalue weighted by Crippen LogP contribution is 1.77. The smallest absolute Gasteiger partial charge is 0.158 e. The van der Waals surface area contributed by atoms with Crippen LogP contribution >= 0.6 is 0 Å². The molecule has 0 saturated heterocycles. The molecule has 68 valence electrons. The van der Waals surface area contributed by atoms with Crippen LogP contribution < -0.4 is 5.73 Å². The Hall–Kier alpha value is -1.58. The summed E-state index contributed by atoms with van der Waals surface area (Å²) in [5, 5.41) is 0. The number of nitrogens with two attached hydrogens (primary N) is 1. The SMILES string of the molecule is CC(=O)CC#CC#CC(N)C(C)=O. The summed E-state index contributed by atoms with van der Waals surface area (Å²) in [5.41, 5.74) is 5.30. The fraction of sp³-hybridized carbons (Fsp3) is 0.400. The fourth-order valence-corrected chi connectivity index (χ4v) is 0.428. The molecule has 1 unspecified atom stereocenters. The van der Waals surface area contributed by atoms with E-state index in [9.17, 15) is 9.59 Å². The standard InChI is InChI=1S/C10H11NO2/c1-8(12)6-4-3-5-7-10(11)9(2)13/h10H,6,11H2,1-2H3. The molecule has 0 aliphatic rings. The monoisotopic (exact) mass is 177 g/mol. The molecule has 0 aromatic rings. The number of hydrogen-bond acceptors (Lipinski definition) is 3. The van der Waals surface area contributed by atoms with E-state index in [1.807, 2.05) is 0 Å². The van der Waals surface area contributed by atoms with Gasteiger partial charge in [-0.25, -0.2) is 0 Å². The van der Waals surface area contributed by atoms with Crippen molar-refractivity contribution in [3.05, 3.63) is 0 Å². The van der Waals surface area contributed by atoms with E-state index in [1.54, 1.807) is 0 Å². The molecule has 2 N–H and O–H groups in total. The third-order valence-electron chi connectivity index (χ3n) is 1.15. The molecule has 0 fully saturated rings. The Morgan fingerprint density at radius 3 is 2.38 bits per heavy atom. The predicted octanol–water partition coefficient (Wildman–Crippen LogP) is -0.111. The zero-order chi connectivity index (χ0) is 10.3. The van der Waals surface area contributed by atoms with Crippen molar-refractivity contribution >= 4 is 11.6 Å². The van der Waals surface area contributed by atoms with E-state index in [4.69, 9.17) is 5.73 Å². The second kappa shape index (κ2) is 5.99.